The lowest BCUT2D eigenvalue weighted by Crippen LogP contribution is -2.57. The predicted octanol–water partition coefficient (Wildman–Crippen LogP) is 7.83. The highest BCUT2D eigenvalue weighted by Crippen LogP contribution is 2.43. The summed E-state index contributed by atoms with van der Waals surface area (Å²) in [6.07, 6.45) is 0. The molecule has 36 heavy (non-hydrogen) atoms. The summed E-state index contributed by atoms with van der Waals surface area (Å²) in [7, 11) is 0. The maximum atomic E-state index is 6.31. The monoisotopic (exact) mass is 600 g/mol. The average molecular weight is 601 g/mol. The Hall–Kier alpha value is 2.95. The van der Waals surface area contributed by atoms with Crippen molar-refractivity contribution in [2.75, 3.05) is 0 Å². The highest BCUT2D eigenvalue weighted by Gasteiger charge is 2.59. The molecule has 0 aromatic carbocycles. The predicted molar refractivity (Wildman–Crippen MR) is 159 cm³/mol. The second-order valence-electron chi connectivity index (χ2n) is 17.0. The van der Waals surface area contributed by atoms with Gasteiger partial charge < -0.3 is 17.0 Å². The van der Waals surface area contributed by atoms with Crippen LogP contribution < -0.4 is 0 Å². The Morgan fingerprint density at radius 1 is 0.222 bits per heavy atom. The first-order valence-corrected chi connectivity index (χ1v) is 22.7. The zero-order valence-electron chi connectivity index (χ0n) is 26.9. The van der Waals surface area contributed by atoms with Crippen molar-refractivity contribution >= 4 is 88.9 Å². The SMILES string of the molecule is C[C](C)(C)[Al]1[O][Al]([C](C)(C)C)[O][Al]([C](C)(C)C)[O]1.C[C](C)(C)[Al]1[O][Al]([C](C)(C)C)[O][Al]([C](C)(C)C)[O]1. The van der Waals surface area contributed by atoms with Gasteiger partial charge in [0.1, 0.15) is 0 Å². The van der Waals surface area contributed by atoms with Crippen LogP contribution in [0.1, 0.15) is 125 Å². The first-order valence-electron chi connectivity index (χ1n) is 13.6. The summed E-state index contributed by atoms with van der Waals surface area (Å²) >= 11 is -9.79. The average Bonchev–Trinajstić information content (AvgIpc) is 2.63. The van der Waals surface area contributed by atoms with Gasteiger partial charge >= 0.3 is 88.9 Å². The molecule has 0 aromatic heterocycles. The number of hydrogen-bond acceptors (Lipinski definition) is 6. The molecule has 0 saturated carbocycles. The summed E-state index contributed by atoms with van der Waals surface area (Å²) < 4.78 is 38.8. The maximum absolute atomic E-state index is 6.31. The maximum Gasteiger partial charge on any atom is 0.622 e. The van der Waals surface area contributed by atoms with Gasteiger partial charge in [0.15, 0.2) is 0 Å². The van der Waals surface area contributed by atoms with Crippen LogP contribution in [-0.2, 0) is 17.0 Å². The van der Waals surface area contributed by atoms with E-state index in [2.05, 4.69) is 125 Å². The third-order valence-corrected chi connectivity index (χ3v) is 26.1. The highest BCUT2D eigenvalue weighted by atomic mass is 27.4. The van der Waals surface area contributed by atoms with Crippen LogP contribution in [0.5, 0.6) is 0 Å². The molecule has 2 heterocycles. The van der Waals surface area contributed by atoms with Crippen molar-refractivity contribution in [2.45, 2.75) is 150 Å². The van der Waals surface area contributed by atoms with E-state index in [1.165, 1.54) is 0 Å². The van der Waals surface area contributed by atoms with E-state index in [9.17, 15) is 0 Å². The Labute approximate surface area is 253 Å². The highest BCUT2D eigenvalue weighted by molar-refractivity contribution is 6.77. The van der Waals surface area contributed by atoms with Gasteiger partial charge in [-0.2, -0.15) is 0 Å². The van der Waals surface area contributed by atoms with Gasteiger partial charge in [0.2, 0.25) is 0 Å². The van der Waals surface area contributed by atoms with E-state index in [1.54, 1.807) is 0 Å². The van der Waals surface area contributed by atoms with Crippen molar-refractivity contribution in [3.05, 3.63) is 0 Å². The van der Waals surface area contributed by atoms with Gasteiger partial charge in [-0.05, 0) is 25.7 Å². The van der Waals surface area contributed by atoms with Crippen LogP contribution in [-0.4, -0.2) is 88.9 Å². The van der Waals surface area contributed by atoms with Crippen LogP contribution in [0.15, 0.2) is 0 Å². The Kier molecular flexibility index (Phi) is 13.4. The van der Waals surface area contributed by atoms with Crippen LogP contribution in [0.2, 0.25) is 25.7 Å². The molecule has 12 heteroatoms. The first-order chi connectivity index (χ1) is 15.6. The van der Waals surface area contributed by atoms with Crippen molar-refractivity contribution in [2.24, 2.45) is 0 Å². The molecule has 0 unspecified atom stereocenters. The molecule has 0 bridgehead atoms. The zero-order chi connectivity index (χ0) is 28.7. The van der Waals surface area contributed by atoms with Crippen molar-refractivity contribution in [3.8, 4) is 0 Å². The van der Waals surface area contributed by atoms with Crippen molar-refractivity contribution in [1.82, 2.24) is 0 Å². The Morgan fingerprint density at radius 3 is 0.361 bits per heavy atom. The molecule has 0 aliphatic carbocycles. The second kappa shape index (κ2) is 13.1. The minimum atomic E-state index is -1.63. The molecule has 0 aromatic rings. The lowest BCUT2D eigenvalue weighted by molar-refractivity contribution is 0.227. The quantitative estimate of drug-likeness (QED) is 0.264. The fraction of sp³-hybridized carbons (Fsp3) is 1.00. The molecular formula is C24H54Al6O6. The lowest BCUT2D eigenvalue weighted by atomic mass is 10.2. The Bertz CT molecular complexity index is 530. The molecule has 0 radical (unpaired) electrons. The van der Waals surface area contributed by atoms with Gasteiger partial charge in [-0.1, -0.05) is 125 Å². The van der Waals surface area contributed by atoms with E-state index >= 15 is 0 Å². The molecule has 0 spiro atoms. The van der Waals surface area contributed by atoms with Crippen LogP contribution in [0, 0.1) is 0 Å². The molecule has 6 nitrogen and oxygen atoms in total. The van der Waals surface area contributed by atoms with Crippen LogP contribution >= 0.6 is 0 Å². The van der Waals surface area contributed by atoms with Crippen LogP contribution in [0.4, 0.5) is 0 Å². The third kappa shape index (κ3) is 12.1. The van der Waals surface area contributed by atoms with E-state index in [0.29, 0.717) is 0 Å². The summed E-state index contributed by atoms with van der Waals surface area (Å²) in [5.41, 5.74) is 0. The van der Waals surface area contributed by atoms with Gasteiger partial charge in [-0.25, -0.2) is 0 Å². The summed E-state index contributed by atoms with van der Waals surface area (Å²) in [6.45, 7) is 40.2. The smallest absolute Gasteiger partial charge is 0.593 e. The molecule has 204 valence electrons. The van der Waals surface area contributed by atoms with Crippen molar-refractivity contribution < 1.29 is 17.0 Å². The fourth-order valence-electron chi connectivity index (χ4n) is 3.32. The van der Waals surface area contributed by atoms with Crippen LogP contribution in [0.25, 0.3) is 0 Å². The van der Waals surface area contributed by atoms with E-state index in [4.69, 9.17) is 17.0 Å². The molecule has 0 amide bonds. The van der Waals surface area contributed by atoms with Gasteiger partial charge in [0, 0.05) is 0 Å². The molecule has 0 N–H and O–H groups in total. The zero-order valence-corrected chi connectivity index (χ0v) is 33.8. The summed E-state index contributed by atoms with van der Waals surface area (Å²) in [4.78, 5) is 0. The van der Waals surface area contributed by atoms with Gasteiger partial charge in [0.25, 0.3) is 0 Å². The minimum Gasteiger partial charge on any atom is -0.593 e. The Balaban J connectivity index is 0.000000360. The van der Waals surface area contributed by atoms with E-state index in [-0.39, 0.29) is 25.7 Å². The van der Waals surface area contributed by atoms with E-state index < -0.39 is 88.9 Å². The molecule has 0 atom stereocenters. The largest absolute Gasteiger partial charge is 0.622 e. The minimum absolute atomic E-state index is 0.150. The first kappa shape index (κ1) is 37.0. The van der Waals surface area contributed by atoms with Gasteiger partial charge in [-0.3, -0.25) is 0 Å². The van der Waals surface area contributed by atoms with Crippen molar-refractivity contribution in [1.29, 1.82) is 0 Å². The topological polar surface area (TPSA) is 55.4 Å². The second-order valence-corrected chi connectivity index (χ2v) is 37.9. The van der Waals surface area contributed by atoms with Gasteiger partial charge in [-0.15, -0.1) is 0 Å². The number of rotatable bonds is 0. The normalized spacial score (nSPS) is 19.5. The summed E-state index contributed by atoms with van der Waals surface area (Å²) in [6, 6.07) is 0. The van der Waals surface area contributed by atoms with Crippen molar-refractivity contribution in [3.63, 3.8) is 0 Å². The molecule has 2 fully saturated rings. The van der Waals surface area contributed by atoms with E-state index in [1.807, 2.05) is 0 Å². The standard InChI is InChI=1S/6C4H9.6Al.6O/c6*1-4(2)3;;;;;;;;;;;;/h6*1-3H3;;;;;;;;;;;;. The molecule has 2 rings (SSSR count). The molecule has 2 saturated heterocycles. The fourth-order valence-corrected chi connectivity index (χ4v) is 33.3. The third-order valence-electron chi connectivity index (χ3n) is 5.73. The molecule has 2 aliphatic heterocycles. The number of hydrogen-bond donors (Lipinski definition) is 0. The lowest BCUT2D eigenvalue weighted by Gasteiger charge is -2.43. The summed E-state index contributed by atoms with van der Waals surface area (Å²) in [5, 5.41) is 0. The molecular weight excluding hydrogens is 546 g/mol. The van der Waals surface area contributed by atoms with Gasteiger partial charge in [0.05, 0.1) is 0 Å². The summed E-state index contributed by atoms with van der Waals surface area (Å²) in [5.74, 6) is 0. The van der Waals surface area contributed by atoms with E-state index in [0.717, 1.165) is 0 Å². The molecule has 2 aliphatic rings. The van der Waals surface area contributed by atoms with Crippen LogP contribution in [0.3, 0.4) is 0 Å². The Morgan fingerprint density at radius 2 is 0.306 bits per heavy atom.